The zero-order valence-electron chi connectivity index (χ0n) is 25.0. The number of anilines is 1. The van der Waals surface area contributed by atoms with Gasteiger partial charge in [0, 0.05) is 40.9 Å². The van der Waals surface area contributed by atoms with Crippen LogP contribution in [-0.4, -0.2) is 36.1 Å². The molecule has 1 N–H and O–H groups in total. The van der Waals surface area contributed by atoms with Crippen LogP contribution in [0.3, 0.4) is 0 Å². The van der Waals surface area contributed by atoms with Gasteiger partial charge in [0.05, 0.1) is 16.1 Å². The number of halogens is 1. The van der Waals surface area contributed by atoms with Crippen molar-refractivity contribution in [3.05, 3.63) is 107 Å². The Hall–Kier alpha value is -3.07. The normalized spacial score (nSPS) is 16.9. The fraction of sp³-hybridized carbons (Fsp3) is 0.270. The molecule has 0 aliphatic carbocycles. The molecule has 7 rings (SSSR count). The van der Waals surface area contributed by atoms with Gasteiger partial charge < -0.3 is 38.8 Å². The number of aryl methyl sites for hydroxylation is 1. The smallest absolute Gasteiger partial charge is 0.213 e. The fourth-order valence-electron chi connectivity index (χ4n) is 6.39. The number of rotatable bonds is 7. The van der Waals surface area contributed by atoms with E-state index >= 15 is 0 Å². The second-order valence-corrected chi connectivity index (χ2v) is 12.9. The number of hydrogen-bond acceptors (Lipinski definition) is 3. The van der Waals surface area contributed by atoms with Crippen LogP contribution in [0.1, 0.15) is 43.1 Å². The maximum Gasteiger partial charge on any atom is 0.213 e. The molecule has 220 valence electrons. The van der Waals surface area contributed by atoms with Gasteiger partial charge in [-0.1, -0.05) is 61.2 Å². The van der Waals surface area contributed by atoms with Crippen molar-refractivity contribution in [3.63, 3.8) is 0 Å². The van der Waals surface area contributed by atoms with Gasteiger partial charge in [-0.3, -0.25) is 0 Å². The van der Waals surface area contributed by atoms with Crippen molar-refractivity contribution in [1.29, 1.82) is 0 Å². The maximum atomic E-state index is 3.54. The van der Waals surface area contributed by atoms with E-state index in [-0.39, 0.29) is 24.0 Å². The van der Waals surface area contributed by atoms with Crippen molar-refractivity contribution >= 4 is 57.5 Å². The Kier molecular flexibility index (Phi) is 9.26. The van der Waals surface area contributed by atoms with Crippen LogP contribution in [0.2, 0.25) is 0 Å². The number of nitrogens with zero attached hydrogens (tertiary/aromatic N) is 3. The molecule has 4 heterocycles. The van der Waals surface area contributed by atoms with E-state index in [1.54, 1.807) is 0 Å². The largest absolute Gasteiger partial charge is 1.00 e. The number of fused-ring (bicyclic) bond motifs is 3. The lowest BCUT2D eigenvalue weighted by Crippen LogP contribution is -3.00. The highest BCUT2D eigenvalue weighted by Crippen LogP contribution is 2.46. The Morgan fingerprint density at radius 2 is 1.67 bits per heavy atom. The number of piperidine rings is 1. The van der Waals surface area contributed by atoms with Crippen molar-refractivity contribution in [2.75, 3.05) is 31.1 Å². The number of likely N-dealkylation sites (tertiary alicyclic amines) is 1. The maximum absolute atomic E-state index is 3.54. The third kappa shape index (κ3) is 6.42. The summed E-state index contributed by atoms with van der Waals surface area (Å²) in [5.41, 5.74) is 7.27. The molecule has 0 unspecified atom stereocenters. The molecule has 2 aliphatic rings. The second-order valence-electron chi connectivity index (χ2n) is 11.8. The van der Waals surface area contributed by atoms with Crippen molar-refractivity contribution in [2.24, 2.45) is 13.0 Å². The Morgan fingerprint density at radius 1 is 0.907 bits per heavy atom. The molecular weight excluding hydrogens is 659 g/mol. The minimum absolute atomic E-state index is 0. The van der Waals surface area contributed by atoms with Crippen LogP contribution in [0, 0.1) is 5.92 Å². The van der Waals surface area contributed by atoms with E-state index in [9.17, 15) is 0 Å². The number of benzene rings is 3. The molecule has 0 amide bonds. The van der Waals surface area contributed by atoms with Crippen LogP contribution in [0.4, 0.5) is 5.69 Å². The second kappa shape index (κ2) is 13.3. The van der Waals surface area contributed by atoms with Gasteiger partial charge in [0.25, 0.3) is 0 Å². The van der Waals surface area contributed by atoms with Crippen LogP contribution < -0.4 is 33.4 Å². The van der Waals surface area contributed by atoms with E-state index in [2.05, 4.69) is 136 Å². The summed E-state index contributed by atoms with van der Waals surface area (Å²) in [6, 6.07) is 30.6. The standard InChI is InChI=1S/C37H38N4S.HI/c1-27-18-22-40(23-19-27)20-9-21-41-35-14-7-8-15-36(35)42-37(41)26-29-25-31(39(2)34-13-6-4-11-32(29)34)17-16-30-24-28-10-3-5-12-33(28)38-30;/h3-8,10-17,24-27H,9,18-23H2,1-2H3;1H/b37-26-;. The van der Waals surface area contributed by atoms with E-state index in [0.29, 0.717) is 0 Å². The summed E-state index contributed by atoms with van der Waals surface area (Å²) < 4.78 is 2.30. The van der Waals surface area contributed by atoms with Crippen molar-refractivity contribution in [3.8, 4) is 0 Å². The summed E-state index contributed by atoms with van der Waals surface area (Å²) in [6.45, 7) is 7.10. The van der Waals surface area contributed by atoms with Crippen molar-refractivity contribution in [1.82, 2.24) is 9.88 Å². The first-order valence-electron chi connectivity index (χ1n) is 15.3. The zero-order chi connectivity index (χ0) is 28.5. The monoisotopic (exact) mass is 698 g/mol. The number of para-hydroxylation sites is 3. The topological polar surface area (TPSA) is 26.1 Å². The zero-order valence-corrected chi connectivity index (χ0v) is 27.9. The number of pyridine rings is 1. The van der Waals surface area contributed by atoms with Crippen LogP contribution in [0.15, 0.2) is 94.9 Å². The molecule has 3 aromatic carbocycles. The number of aromatic amines is 1. The summed E-state index contributed by atoms with van der Waals surface area (Å²) in [7, 11) is 2.16. The minimum Gasteiger partial charge on any atom is -1.00 e. The average Bonchev–Trinajstić information content (AvgIpc) is 3.59. The lowest BCUT2D eigenvalue weighted by atomic mass is 9.99. The summed E-state index contributed by atoms with van der Waals surface area (Å²) in [4.78, 5) is 10.1. The third-order valence-corrected chi connectivity index (χ3v) is 10.0. The summed E-state index contributed by atoms with van der Waals surface area (Å²) in [5, 5.41) is 3.82. The Balaban J connectivity index is 0.00000329. The van der Waals surface area contributed by atoms with Gasteiger partial charge >= 0.3 is 0 Å². The minimum atomic E-state index is 0. The quantitative estimate of drug-likeness (QED) is 0.184. The van der Waals surface area contributed by atoms with Gasteiger partial charge in [-0.25, -0.2) is 0 Å². The highest BCUT2D eigenvalue weighted by Gasteiger charge is 2.26. The molecule has 0 spiro atoms. The highest BCUT2D eigenvalue weighted by atomic mass is 127. The number of H-pyrrole nitrogens is 1. The summed E-state index contributed by atoms with van der Waals surface area (Å²) in [6.07, 6.45) is 10.7. The van der Waals surface area contributed by atoms with E-state index in [0.717, 1.165) is 18.2 Å². The van der Waals surface area contributed by atoms with Crippen molar-refractivity contribution in [2.45, 2.75) is 31.1 Å². The first-order chi connectivity index (χ1) is 20.6. The van der Waals surface area contributed by atoms with Crippen LogP contribution >= 0.6 is 11.8 Å². The number of hydrogen-bond donors (Lipinski definition) is 1. The lowest BCUT2D eigenvalue weighted by molar-refractivity contribution is -0.646. The van der Waals surface area contributed by atoms with Gasteiger partial charge in [0.2, 0.25) is 11.2 Å². The van der Waals surface area contributed by atoms with E-state index in [1.165, 1.54) is 87.6 Å². The SMILES string of the molecule is CC1CCN(CCCN2/C(=C/c3cc(/C=C/c4cc5ccccc5[nH]4)[n+](C)c4ccccc34)Sc3ccccc32)CC1.[I-]. The lowest BCUT2D eigenvalue weighted by Gasteiger charge is -2.31. The van der Waals surface area contributed by atoms with Crippen molar-refractivity contribution < 1.29 is 28.5 Å². The molecule has 43 heavy (non-hydrogen) atoms. The summed E-state index contributed by atoms with van der Waals surface area (Å²) in [5.74, 6) is 0.877. The van der Waals surface area contributed by atoms with Gasteiger partial charge in [0.1, 0.15) is 7.05 Å². The Bertz CT molecular complexity index is 1760. The van der Waals surface area contributed by atoms with Gasteiger partial charge in [-0.05, 0) is 98.2 Å². The van der Waals surface area contributed by atoms with Crippen LogP contribution in [-0.2, 0) is 7.05 Å². The molecule has 5 aromatic rings. The third-order valence-electron chi connectivity index (χ3n) is 8.90. The summed E-state index contributed by atoms with van der Waals surface area (Å²) >= 11 is 1.90. The number of thioether (sulfide) groups is 1. The van der Waals surface area contributed by atoms with E-state index in [1.807, 2.05) is 11.8 Å². The molecule has 0 atom stereocenters. The van der Waals surface area contributed by atoms with E-state index in [4.69, 9.17) is 0 Å². The van der Waals surface area contributed by atoms with Crippen LogP contribution in [0.25, 0.3) is 40.0 Å². The Morgan fingerprint density at radius 3 is 2.53 bits per heavy atom. The van der Waals surface area contributed by atoms with Gasteiger partial charge in [-0.15, -0.1) is 0 Å². The molecular formula is C37H39IN4S. The molecule has 2 aliphatic heterocycles. The van der Waals surface area contributed by atoms with Crippen LogP contribution in [0.5, 0.6) is 0 Å². The predicted molar refractivity (Wildman–Crippen MR) is 179 cm³/mol. The average molecular weight is 699 g/mol. The van der Waals surface area contributed by atoms with Gasteiger partial charge in [0.15, 0.2) is 0 Å². The molecule has 6 heteroatoms. The first-order valence-corrected chi connectivity index (χ1v) is 16.1. The van der Waals surface area contributed by atoms with E-state index < -0.39 is 0 Å². The molecule has 0 radical (unpaired) electrons. The number of aromatic nitrogens is 2. The highest BCUT2D eigenvalue weighted by molar-refractivity contribution is 8.03. The molecule has 1 fully saturated rings. The fourth-order valence-corrected chi connectivity index (χ4v) is 7.53. The first kappa shape index (κ1) is 30.0. The molecule has 0 bridgehead atoms. The molecule has 4 nitrogen and oxygen atoms in total. The number of nitrogens with one attached hydrogen (secondary N) is 1. The molecule has 2 aromatic heterocycles. The Labute approximate surface area is 276 Å². The predicted octanol–water partition coefficient (Wildman–Crippen LogP) is 5.35. The molecule has 0 saturated carbocycles. The van der Waals surface area contributed by atoms with Gasteiger partial charge in [-0.2, -0.15) is 4.57 Å². The molecule has 1 saturated heterocycles.